The molecular weight excluding hydrogens is 435 g/mol. The number of carbonyl (C=O) groups is 2. The molecule has 6 nitrogen and oxygen atoms in total. The maximum atomic E-state index is 13.0. The molecule has 0 spiro atoms. The molecule has 1 aromatic rings. The molecule has 2 atom stereocenters. The van der Waals surface area contributed by atoms with Crippen LogP contribution >= 0.6 is 12.2 Å². The summed E-state index contributed by atoms with van der Waals surface area (Å²) in [4.78, 5) is 24.9. The Balaban J connectivity index is 2.32. The maximum absolute atomic E-state index is 13.0. The molecule has 1 aromatic carbocycles. The summed E-state index contributed by atoms with van der Waals surface area (Å²) in [6.07, 6.45) is -5.11. The van der Waals surface area contributed by atoms with Crippen molar-refractivity contribution in [2.75, 3.05) is 13.2 Å². The molecule has 1 heterocycles. The van der Waals surface area contributed by atoms with Gasteiger partial charge in [-0.2, -0.15) is 13.2 Å². The fraction of sp³-hybridized carbons (Fsp3) is 0.619. The van der Waals surface area contributed by atoms with Gasteiger partial charge in [-0.05, 0) is 59.2 Å². The predicted octanol–water partition coefficient (Wildman–Crippen LogP) is 5.58. The zero-order valence-electron chi connectivity index (χ0n) is 18.4. The van der Waals surface area contributed by atoms with Crippen LogP contribution in [0.4, 0.5) is 18.0 Å². The SMILES string of the molecule is CC(C)(C)OC(=O)N1SOC[C@@H]1[C@@H](COC(=O)C(C)(C)C)c1ccc(C(F)(F)F)cc1. The molecule has 2 rings (SSSR count). The number of nitrogens with zero attached hydrogens (tertiary/aromatic N) is 1. The van der Waals surface area contributed by atoms with Gasteiger partial charge in [-0.25, -0.2) is 9.10 Å². The van der Waals surface area contributed by atoms with Gasteiger partial charge in [0.15, 0.2) is 0 Å². The van der Waals surface area contributed by atoms with Crippen molar-refractivity contribution in [2.45, 2.75) is 65.3 Å². The van der Waals surface area contributed by atoms with Gasteiger partial charge in [0.25, 0.3) is 0 Å². The minimum Gasteiger partial charge on any atom is -0.465 e. The summed E-state index contributed by atoms with van der Waals surface area (Å²) < 4.78 is 56.4. The van der Waals surface area contributed by atoms with Gasteiger partial charge >= 0.3 is 18.2 Å². The van der Waals surface area contributed by atoms with E-state index in [9.17, 15) is 22.8 Å². The van der Waals surface area contributed by atoms with E-state index in [0.717, 1.165) is 24.4 Å². The number of benzene rings is 1. The second kappa shape index (κ2) is 9.28. The van der Waals surface area contributed by atoms with Crippen LogP contribution in [-0.4, -0.2) is 41.2 Å². The lowest BCUT2D eigenvalue weighted by Gasteiger charge is -2.31. The molecule has 1 aliphatic rings. The van der Waals surface area contributed by atoms with E-state index in [2.05, 4.69) is 0 Å². The molecule has 10 heteroatoms. The average Bonchev–Trinajstić information content (AvgIpc) is 3.09. The first-order valence-electron chi connectivity index (χ1n) is 9.76. The highest BCUT2D eigenvalue weighted by Crippen LogP contribution is 2.37. The Hall–Kier alpha value is -1.94. The van der Waals surface area contributed by atoms with E-state index >= 15 is 0 Å². The molecule has 31 heavy (non-hydrogen) atoms. The first kappa shape index (κ1) is 25.3. The summed E-state index contributed by atoms with van der Waals surface area (Å²) in [5.41, 5.74) is -1.80. The van der Waals surface area contributed by atoms with Gasteiger partial charge in [0.05, 0.1) is 23.6 Å². The number of hydrogen-bond acceptors (Lipinski definition) is 6. The highest BCUT2D eigenvalue weighted by molar-refractivity contribution is 7.93. The topological polar surface area (TPSA) is 65.1 Å². The molecule has 1 saturated heterocycles. The van der Waals surface area contributed by atoms with Crippen LogP contribution in [0.15, 0.2) is 24.3 Å². The standard InChI is InChI=1S/C21H28F3NO5S/c1-19(2,3)17(26)28-11-15(13-7-9-14(10-8-13)21(22,23)24)16-12-29-31-25(16)18(27)30-20(4,5)6/h7-10,15-16H,11-12H2,1-6H3/t15-,16+/m0/s1. The molecular formula is C21H28F3NO5S. The molecule has 1 aliphatic heterocycles. The number of rotatable bonds is 4. The van der Waals surface area contributed by atoms with Gasteiger partial charge in [-0.1, -0.05) is 12.1 Å². The lowest BCUT2D eigenvalue weighted by Crippen LogP contribution is -2.42. The lowest BCUT2D eigenvalue weighted by molar-refractivity contribution is -0.153. The summed E-state index contributed by atoms with van der Waals surface area (Å²) in [5, 5.41) is 0. The number of hydrogen-bond donors (Lipinski definition) is 0. The van der Waals surface area contributed by atoms with Gasteiger partial charge < -0.3 is 9.47 Å². The average molecular weight is 464 g/mol. The second-order valence-corrected chi connectivity index (χ2v) is 10.1. The Bertz CT molecular complexity index is 784. The van der Waals surface area contributed by atoms with E-state index in [-0.39, 0.29) is 13.2 Å². The monoisotopic (exact) mass is 463 g/mol. The lowest BCUT2D eigenvalue weighted by atomic mass is 9.91. The van der Waals surface area contributed by atoms with Crippen molar-refractivity contribution in [3.63, 3.8) is 0 Å². The van der Waals surface area contributed by atoms with E-state index in [4.69, 9.17) is 13.7 Å². The Morgan fingerprint density at radius 1 is 1.13 bits per heavy atom. The highest BCUT2D eigenvalue weighted by atomic mass is 32.2. The van der Waals surface area contributed by atoms with Crippen LogP contribution in [-0.2, 0) is 24.6 Å². The largest absolute Gasteiger partial charge is 0.465 e. The van der Waals surface area contributed by atoms with Crippen LogP contribution < -0.4 is 0 Å². The van der Waals surface area contributed by atoms with Crippen molar-refractivity contribution in [1.82, 2.24) is 4.31 Å². The molecule has 1 fully saturated rings. The second-order valence-electron chi connectivity index (χ2n) is 9.31. The molecule has 0 aliphatic carbocycles. The molecule has 0 bridgehead atoms. The van der Waals surface area contributed by atoms with Crippen molar-refractivity contribution in [1.29, 1.82) is 0 Å². The third-order valence-corrected chi connectivity index (χ3v) is 5.21. The van der Waals surface area contributed by atoms with E-state index in [1.807, 2.05) is 0 Å². The van der Waals surface area contributed by atoms with Crippen molar-refractivity contribution in [2.24, 2.45) is 5.41 Å². The quantitative estimate of drug-likeness (QED) is 0.330. The molecule has 0 unspecified atom stereocenters. The minimum absolute atomic E-state index is 0.0999. The van der Waals surface area contributed by atoms with Crippen LogP contribution in [0, 0.1) is 5.41 Å². The van der Waals surface area contributed by atoms with E-state index in [1.54, 1.807) is 41.5 Å². The molecule has 0 aromatic heterocycles. The van der Waals surface area contributed by atoms with Crippen LogP contribution in [0.25, 0.3) is 0 Å². The summed E-state index contributed by atoms with van der Waals surface area (Å²) in [6.45, 7) is 10.2. The Morgan fingerprint density at radius 2 is 1.71 bits per heavy atom. The molecule has 0 saturated carbocycles. The number of esters is 1. The van der Waals surface area contributed by atoms with Crippen molar-refractivity contribution in [3.05, 3.63) is 35.4 Å². The normalized spacial score (nSPS) is 18.6. The van der Waals surface area contributed by atoms with Crippen molar-refractivity contribution < 1.29 is 36.4 Å². The fourth-order valence-corrected chi connectivity index (χ4v) is 3.49. The Morgan fingerprint density at radius 3 is 2.19 bits per heavy atom. The van der Waals surface area contributed by atoms with Crippen LogP contribution in [0.2, 0.25) is 0 Å². The van der Waals surface area contributed by atoms with Gasteiger partial charge in [0, 0.05) is 5.92 Å². The van der Waals surface area contributed by atoms with Gasteiger partial charge in [-0.3, -0.25) is 8.98 Å². The Kier molecular flexibility index (Phi) is 7.58. The van der Waals surface area contributed by atoms with Crippen molar-refractivity contribution in [3.8, 4) is 0 Å². The summed E-state index contributed by atoms with van der Waals surface area (Å²) in [6, 6.07) is 3.98. The first-order valence-corrected chi connectivity index (χ1v) is 10.5. The van der Waals surface area contributed by atoms with Gasteiger partial charge in [-0.15, -0.1) is 0 Å². The van der Waals surface area contributed by atoms with Crippen molar-refractivity contribution >= 4 is 24.3 Å². The molecule has 1 amide bonds. The third-order valence-electron chi connectivity index (χ3n) is 4.38. The molecule has 0 radical (unpaired) electrons. The number of amides is 1. The van der Waals surface area contributed by atoms with E-state index < -0.39 is 46.8 Å². The van der Waals surface area contributed by atoms with Gasteiger partial charge in [0.1, 0.15) is 24.4 Å². The zero-order chi connectivity index (χ0) is 23.6. The summed E-state index contributed by atoms with van der Waals surface area (Å²) in [7, 11) is 0. The van der Waals surface area contributed by atoms with Crippen LogP contribution in [0.3, 0.4) is 0 Å². The summed E-state index contributed by atoms with van der Waals surface area (Å²) >= 11 is 0.808. The van der Waals surface area contributed by atoms with E-state index in [0.29, 0.717) is 5.56 Å². The zero-order valence-corrected chi connectivity index (χ0v) is 19.2. The Labute approximate surface area is 184 Å². The molecule has 0 N–H and O–H groups in total. The van der Waals surface area contributed by atoms with Gasteiger partial charge in [0.2, 0.25) is 0 Å². The number of carbonyl (C=O) groups excluding carboxylic acids is 2. The predicted molar refractivity (Wildman–Crippen MR) is 110 cm³/mol. The highest BCUT2D eigenvalue weighted by Gasteiger charge is 2.41. The third kappa shape index (κ3) is 7.03. The van der Waals surface area contributed by atoms with Crippen LogP contribution in [0.5, 0.6) is 0 Å². The maximum Gasteiger partial charge on any atom is 0.422 e. The number of halogens is 3. The fourth-order valence-electron chi connectivity index (χ4n) is 2.76. The summed E-state index contributed by atoms with van der Waals surface area (Å²) in [5.74, 6) is -1.07. The van der Waals surface area contributed by atoms with Crippen LogP contribution in [0.1, 0.15) is 58.6 Å². The minimum atomic E-state index is -4.47. The first-order chi connectivity index (χ1) is 14.1. The van der Waals surface area contributed by atoms with E-state index in [1.165, 1.54) is 16.4 Å². The number of ether oxygens (including phenoxy) is 2. The smallest absolute Gasteiger partial charge is 0.422 e. The number of alkyl halides is 3. The molecule has 174 valence electrons.